The van der Waals surface area contributed by atoms with Crippen LogP contribution in [0.3, 0.4) is 0 Å². The Morgan fingerprint density at radius 1 is 1.00 bits per heavy atom. The summed E-state index contributed by atoms with van der Waals surface area (Å²) >= 11 is 5.96. The molecule has 0 unspecified atom stereocenters. The average molecular weight is 340 g/mol. The van der Waals surface area contributed by atoms with E-state index in [1.807, 2.05) is 18.2 Å². The molecule has 2 aliphatic rings. The molecule has 1 aliphatic heterocycles. The van der Waals surface area contributed by atoms with Crippen molar-refractivity contribution < 1.29 is 9.53 Å². The van der Waals surface area contributed by atoms with Gasteiger partial charge in [0.1, 0.15) is 0 Å². The van der Waals surface area contributed by atoms with Crippen molar-refractivity contribution in [2.24, 2.45) is 0 Å². The van der Waals surface area contributed by atoms with Crippen molar-refractivity contribution in [3.8, 4) is 0 Å². The standard InChI is InChI=1S/C20H18ClNO2/c21-16-7-5-14(6-8-16)20(23)19-17-4-2-1-3-15(17)13-18(19)22-9-11-24-12-10-22/h1-8H,9-13H2. The van der Waals surface area contributed by atoms with Crippen molar-refractivity contribution >= 4 is 23.0 Å². The van der Waals surface area contributed by atoms with Crippen LogP contribution in [0, 0.1) is 0 Å². The lowest BCUT2D eigenvalue weighted by Crippen LogP contribution is -2.36. The summed E-state index contributed by atoms with van der Waals surface area (Å²) in [6, 6.07) is 15.3. The number of fused-ring (bicyclic) bond motifs is 1. The van der Waals surface area contributed by atoms with Crippen LogP contribution >= 0.6 is 11.6 Å². The van der Waals surface area contributed by atoms with E-state index in [1.165, 1.54) is 5.56 Å². The number of morpholine rings is 1. The molecule has 0 radical (unpaired) electrons. The van der Waals surface area contributed by atoms with Gasteiger partial charge in [-0.1, -0.05) is 35.9 Å². The summed E-state index contributed by atoms with van der Waals surface area (Å²) in [6.07, 6.45) is 0.810. The molecule has 0 aromatic heterocycles. The van der Waals surface area contributed by atoms with Crippen LogP contribution in [0.5, 0.6) is 0 Å². The minimum atomic E-state index is 0.0677. The molecule has 1 saturated heterocycles. The highest BCUT2D eigenvalue weighted by atomic mass is 35.5. The highest BCUT2D eigenvalue weighted by Crippen LogP contribution is 2.37. The van der Waals surface area contributed by atoms with E-state index in [0.717, 1.165) is 36.3 Å². The Morgan fingerprint density at radius 3 is 2.46 bits per heavy atom. The number of carbonyl (C=O) groups is 1. The van der Waals surface area contributed by atoms with Gasteiger partial charge in [0.05, 0.1) is 13.2 Å². The number of Topliss-reactive ketones (excluding diaryl/α,β-unsaturated/α-hetero) is 1. The summed E-state index contributed by atoms with van der Waals surface area (Å²) < 4.78 is 5.47. The lowest BCUT2D eigenvalue weighted by molar-refractivity contribution is 0.0530. The molecule has 0 atom stereocenters. The lowest BCUT2D eigenvalue weighted by atomic mass is 9.97. The molecule has 1 fully saturated rings. The Bertz CT molecular complexity index is 805. The summed E-state index contributed by atoms with van der Waals surface area (Å²) in [4.78, 5) is 15.5. The Morgan fingerprint density at radius 2 is 1.71 bits per heavy atom. The maximum absolute atomic E-state index is 13.2. The number of rotatable bonds is 3. The number of allylic oxidation sites excluding steroid dienone is 2. The SMILES string of the molecule is O=C(C1=C(N2CCOCC2)Cc2ccccc21)c1ccc(Cl)cc1. The molecule has 0 amide bonds. The van der Waals surface area contributed by atoms with E-state index in [0.29, 0.717) is 23.8 Å². The third-order valence-electron chi connectivity index (χ3n) is 4.66. The molecule has 2 aromatic rings. The average Bonchev–Trinajstić information content (AvgIpc) is 3.02. The van der Waals surface area contributed by atoms with Crippen LogP contribution in [-0.4, -0.2) is 37.0 Å². The zero-order valence-corrected chi connectivity index (χ0v) is 14.1. The van der Waals surface area contributed by atoms with Crippen molar-refractivity contribution in [2.75, 3.05) is 26.3 Å². The highest BCUT2D eigenvalue weighted by Gasteiger charge is 2.30. The predicted molar refractivity (Wildman–Crippen MR) is 95.2 cm³/mol. The van der Waals surface area contributed by atoms with Crippen LogP contribution in [0.1, 0.15) is 21.5 Å². The van der Waals surface area contributed by atoms with Crippen molar-refractivity contribution in [1.29, 1.82) is 0 Å². The fourth-order valence-electron chi connectivity index (χ4n) is 3.44. The van der Waals surface area contributed by atoms with Gasteiger partial charge in [0.25, 0.3) is 0 Å². The van der Waals surface area contributed by atoms with Crippen molar-refractivity contribution in [1.82, 2.24) is 4.90 Å². The lowest BCUT2D eigenvalue weighted by Gasteiger charge is -2.30. The van der Waals surface area contributed by atoms with E-state index in [1.54, 1.807) is 24.3 Å². The maximum atomic E-state index is 13.2. The normalized spacial score (nSPS) is 17.1. The van der Waals surface area contributed by atoms with Crippen LogP contribution in [0.2, 0.25) is 5.02 Å². The Balaban J connectivity index is 1.79. The first-order chi connectivity index (χ1) is 11.7. The van der Waals surface area contributed by atoms with Crippen molar-refractivity contribution in [3.05, 3.63) is 75.9 Å². The summed E-state index contributed by atoms with van der Waals surface area (Å²) in [5.74, 6) is 0.0677. The highest BCUT2D eigenvalue weighted by molar-refractivity contribution is 6.32. The van der Waals surface area contributed by atoms with Gasteiger partial charge in [-0.3, -0.25) is 4.79 Å². The molecule has 0 saturated carbocycles. The molecule has 3 nitrogen and oxygen atoms in total. The van der Waals surface area contributed by atoms with E-state index >= 15 is 0 Å². The van der Waals surface area contributed by atoms with Gasteiger partial charge in [0.15, 0.2) is 5.78 Å². The zero-order chi connectivity index (χ0) is 16.5. The van der Waals surface area contributed by atoms with Gasteiger partial charge in [-0.25, -0.2) is 0 Å². The fourth-order valence-corrected chi connectivity index (χ4v) is 3.57. The second-order valence-electron chi connectivity index (χ2n) is 6.09. The number of carbonyl (C=O) groups excluding carboxylic acids is 1. The first-order valence-electron chi connectivity index (χ1n) is 8.18. The quantitative estimate of drug-likeness (QED) is 0.796. The van der Waals surface area contributed by atoms with Crippen LogP contribution < -0.4 is 0 Å². The monoisotopic (exact) mass is 339 g/mol. The number of ketones is 1. The third-order valence-corrected chi connectivity index (χ3v) is 4.91. The summed E-state index contributed by atoms with van der Waals surface area (Å²) in [5, 5.41) is 0.640. The number of nitrogens with zero attached hydrogens (tertiary/aromatic N) is 1. The van der Waals surface area contributed by atoms with Crippen LogP contribution in [0.15, 0.2) is 54.2 Å². The molecular weight excluding hydrogens is 322 g/mol. The van der Waals surface area contributed by atoms with E-state index in [2.05, 4.69) is 11.0 Å². The molecule has 2 aromatic carbocycles. The van der Waals surface area contributed by atoms with E-state index < -0.39 is 0 Å². The molecule has 1 aliphatic carbocycles. The fraction of sp³-hybridized carbons (Fsp3) is 0.250. The second-order valence-corrected chi connectivity index (χ2v) is 6.53. The molecule has 0 N–H and O–H groups in total. The van der Waals surface area contributed by atoms with Crippen molar-refractivity contribution in [3.63, 3.8) is 0 Å². The number of ether oxygens (including phenoxy) is 1. The Hall–Kier alpha value is -2.10. The Kier molecular flexibility index (Phi) is 4.13. The minimum absolute atomic E-state index is 0.0677. The van der Waals surface area contributed by atoms with E-state index in [9.17, 15) is 4.79 Å². The van der Waals surface area contributed by atoms with Gasteiger partial charge in [-0.05, 0) is 35.4 Å². The topological polar surface area (TPSA) is 29.5 Å². The predicted octanol–water partition coefficient (Wildman–Crippen LogP) is 3.82. The van der Waals surface area contributed by atoms with Crippen LogP contribution in [0.4, 0.5) is 0 Å². The molecule has 0 spiro atoms. The molecule has 4 rings (SSSR count). The zero-order valence-electron chi connectivity index (χ0n) is 13.3. The van der Waals surface area contributed by atoms with Crippen LogP contribution in [0.25, 0.3) is 5.57 Å². The molecule has 0 bridgehead atoms. The molecule has 4 heteroatoms. The van der Waals surface area contributed by atoms with Gasteiger partial charge in [-0.2, -0.15) is 0 Å². The largest absolute Gasteiger partial charge is 0.378 e. The maximum Gasteiger partial charge on any atom is 0.195 e. The van der Waals surface area contributed by atoms with Gasteiger partial charge < -0.3 is 9.64 Å². The van der Waals surface area contributed by atoms with E-state index in [-0.39, 0.29) is 5.78 Å². The van der Waals surface area contributed by atoms with Gasteiger partial charge >= 0.3 is 0 Å². The van der Waals surface area contributed by atoms with Gasteiger partial charge in [0, 0.05) is 41.4 Å². The van der Waals surface area contributed by atoms with Crippen LogP contribution in [-0.2, 0) is 11.2 Å². The molecule has 1 heterocycles. The first-order valence-corrected chi connectivity index (χ1v) is 8.56. The third kappa shape index (κ3) is 2.74. The van der Waals surface area contributed by atoms with Crippen molar-refractivity contribution in [2.45, 2.75) is 6.42 Å². The summed E-state index contributed by atoms with van der Waals surface area (Å²) in [7, 11) is 0. The first kappa shape index (κ1) is 15.4. The Labute approximate surface area is 146 Å². The minimum Gasteiger partial charge on any atom is -0.378 e. The molecule has 122 valence electrons. The summed E-state index contributed by atoms with van der Waals surface area (Å²) in [5.41, 5.74) is 4.90. The summed E-state index contributed by atoms with van der Waals surface area (Å²) in [6.45, 7) is 3.09. The number of benzene rings is 2. The number of hydrogen-bond donors (Lipinski definition) is 0. The smallest absolute Gasteiger partial charge is 0.195 e. The second kappa shape index (κ2) is 6.42. The molecule has 24 heavy (non-hydrogen) atoms. The van der Waals surface area contributed by atoms with E-state index in [4.69, 9.17) is 16.3 Å². The molecular formula is C20H18ClNO2. The van der Waals surface area contributed by atoms with Gasteiger partial charge in [-0.15, -0.1) is 0 Å². The number of hydrogen-bond acceptors (Lipinski definition) is 3. The number of halogens is 1. The van der Waals surface area contributed by atoms with Gasteiger partial charge in [0.2, 0.25) is 0 Å².